The minimum Gasteiger partial charge on any atom is -0.502 e. The number of rotatable bonds is 3. The number of benzene rings is 2. The zero-order valence-electron chi connectivity index (χ0n) is 13.9. The fraction of sp³-hybridized carbons (Fsp3) is 0.167. The highest BCUT2D eigenvalue weighted by Crippen LogP contribution is 2.38. The summed E-state index contributed by atoms with van der Waals surface area (Å²) in [4.78, 5) is 12.1. The van der Waals surface area contributed by atoms with Crippen molar-refractivity contribution < 1.29 is 32.2 Å². The molecule has 1 heterocycles. The van der Waals surface area contributed by atoms with Crippen molar-refractivity contribution in [1.82, 2.24) is 0 Å². The van der Waals surface area contributed by atoms with Crippen LogP contribution in [0.25, 0.3) is 6.08 Å². The summed E-state index contributed by atoms with van der Waals surface area (Å²) in [6.45, 7) is 0. The molecule has 0 saturated heterocycles. The Hall–Kier alpha value is -2.87. The number of phenols is 1. The van der Waals surface area contributed by atoms with Gasteiger partial charge in [0.1, 0.15) is 10.7 Å². The lowest BCUT2D eigenvalue weighted by atomic mass is 10.0. The van der Waals surface area contributed by atoms with Crippen molar-refractivity contribution in [3.8, 4) is 17.2 Å². The molecule has 1 aliphatic rings. The molecule has 0 bridgehead atoms. The second-order valence-electron chi connectivity index (χ2n) is 5.65. The van der Waals surface area contributed by atoms with Gasteiger partial charge in [0.05, 0.1) is 20.0 Å². The third-order valence-corrected chi connectivity index (χ3v) is 5.73. The van der Waals surface area contributed by atoms with E-state index in [1.54, 1.807) is 0 Å². The Morgan fingerprint density at radius 1 is 1.15 bits per heavy atom. The van der Waals surface area contributed by atoms with E-state index in [0.717, 1.165) is 6.07 Å². The molecule has 0 spiro atoms. The number of methoxy groups -OCH3 is 2. The molecule has 0 atom stereocenters. The topological polar surface area (TPSA) is 89.9 Å². The van der Waals surface area contributed by atoms with Gasteiger partial charge in [-0.1, -0.05) is 6.07 Å². The van der Waals surface area contributed by atoms with Gasteiger partial charge in [-0.3, -0.25) is 4.79 Å². The SMILES string of the molecule is COc1cc(/C=C2\CS(=O)(=O)c3c(F)cccc3C2=O)cc(OC)c1O. The normalized spacial score (nSPS) is 17.0. The zero-order valence-corrected chi connectivity index (χ0v) is 14.8. The van der Waals surface area contributed by atoms with Gasteiger partial charge in [0.15, 0.2) is 27.1 Å². The van der Waals surface area contributed by atoms with Crippen LogP contribution in [0, 0.1) is 5.82 Å². The van der Waals surface area contributed by atoms with E-state index in [1.165, 1.54) is 44.6 Å². The summed E-state index contributed by atoms with van der Waals surface area (Å²) >= 11 is 0. The first-order valence-electron chi connectivity index (χ1n) is 7.50. The molecule has 0 radical (unpaired) electrons. The lowest BCUT2D eigenvalue weighted by molar-refractivity contribution is 0.103. The van der Waals surface area contributed by atoms with Crippen LogP contribution in [0.1, 0.15) is 15.9 Å². The van der Waals surface area contributed by atoms with Gasteiger partial charge in [0, 0.05) is 11.1 Å². The largest absolute Gasteiger partial charge is 0.502 e. The highest BCUT2D eigenvalue weighted by molar-refractivity contribution is 7.92. The van der Waals surface area contributed by atoms with E-state index in [9.17, 15) is 22.7 Å². The number of halogens is 1. The minimum atomic E-state index is -3.99. The Labute approximate surface area is 149 Å². The Balaban J connectivity index is 2.16. The maximum Gasteiger partial charge on any atom is 0.200 e. The molecule has 6 nitrogen and oxygen atoms in total. The van der Waals surface area contributed by atoms with E-state index in [2.05, 4.69) is 0 Å². The Morgan fingerprint density at radius 2 is 1.77 bits per heavy atom. The molecule has 1 aliphatic heterocycles. The standard InChI is InChI=1S/C18H15FO6S/c1-24-14-7-10(8-15(25-2)17(14)21)6-11-9-26(22,23)18-12(16(11)20)4-3-5-13(18)19/h3-8,21H,9H2,1-2H3/b11-6+. The van der Waals surface area contributed by atoms with Gasteiger partial charge in [-0.25, -0.2) is 12.8 Å². The van der Waals surface area contributed by atoms with Crippen molar-refractivity contribution in [2.24, 2.45) is 0 Å². The average Bonchev–Trinajstić information content (AvgIpc) is 2.60. The number of hydrogen-bond acceptors (Lipinski definition) is 6. The van der Waals surface area contributed by atoms with E-state index in [0.29, 0.717) is 5.56 Å². The predicted molar refractivity (Wildman–Crippen MR) is 92.0 cm³/mol. The summed E-state index contributed by atoms with van der Waals surface area (Å²) in [5.41, 5.74) is 0.188. The van der Waals surface area contributed by atoms with E-state index in [-0.39, 0.29) is 28.4 Å². The number of carbonyl (C=O) groups excluding carboxylic acids is 1. The lowest BCUT2D eigenvalue weighted by Crippen LogP contribution is -2.25. The van der Waals surface area contributed by atoms with Gasteiger partial charge in [-0.05, 0) is 35.9 Å². The molecule has 0 unspecified atom stereocenters. The average molecular weight is 378 g/mol. The van der Waals surface area contributed by atoms with Crippen molar-refractivity contribution in [1.29, 1.82) is 0 Å². The molecular formula is C18H15FO6S. The fourth-order valence-corrected chi connectivity index (χ4v) is 4.45. The van der Waals surface area contributed by atoms with Crippen LogP contribution in [-0.4, -0.2) is 39.3 Å². The highest BCUT2D eigenvalue weighted by Gasteiger charge is 2.35. The van der Waals surface area contributed by atoms with Crippen LogP contribution in [-0.2, 0) is 9.84 Å². The summed E-state index contributed by atoms with van der Waals surface area (Å²) in [5.74, 6) is -2.14. The molecule has 2 aromatic carbocycles. The summed E-state index contributed by atoms with van der Waals surface area (Å²) < 4.78 is 48.9. The second-order valence-corrected chi connectivity index (χ2v) is 7.57. The number of phenolic OH excluding ortho intramolecular Hbond substituents is 1. The van der Waals surface area contributed by atoms with Crippen LogP contribution in [0.15, 0.2) is 40.8 Å². The molecule has 2 aromatic rings. The van der Waals surface area contributed by atoms with Crippen LogP contribution < -0.4 is 9.47 Å². The van der Waals surface area contributed by atoms with E-state index in [1.807, 2.05) is 0 Å². The summed E-state index contributed by atoms with van der Waals surface area (Å²) in [6.07, 6.45) is 1.36. The third kappa shape index (κ3) is 2.92. The third-order valence-electron chi connectivity index (χ3n) is 4.00. The Kier molecular flexibility index (Phi) is 4.45. The predicted octanol–water partition coefficient (Wildman–Crippen LogP) is 2.60. The van der Waals surface area contributed by atoms with Gasteiger partial charge in [-0.2, -0.15) is 0 Å². The summed E-state index contributed by atoms with van der Waals surface area (Å²) in [6, 6.07) is 6.45. The van der Waals surface area contributed by atoms with Gasteiger partial charge in [-0.15, -0.1) is 0 Å². The second kappa shape index (κ2) is 6.45. The number of aromatic hydroxyl groups is 1. The van der Waals surface area contributed by atoms with Gasteiger partial charge in [0.2, 0.25) is 5.75 Å². The molecule has 26 heavy (non-hydrogen) atoms. The quantitative estimate of drug-likeness (QED) is 0.826. The fourth-order valence-electron chi connectivity index (χ4n) is 2.82. The molecule has 0 aromatic heterocycles. The molecular weight excluding hydrogens is 363 g/mol. The number of fused-ring (bicyclic) bond motifs is 1. The van der Waals surface area contributed by atoms with Crippen molar-refractivity contribution in [2.45, 2.75) is 4.90 Å². The van der Waals surface area contributed by atoms with Crippen molar-refractivity contribution in [2.75, 3.05) is 20.0 Å². The van der Waals surface area contributed by atoms with Crippen LogP contribution in [0.5, 0.6) is 17.2 Å². The maximum absolute atomic E-state index is 13.9. The highest BCUT2D eigenvalue weighted by atomic mass is 32.2. The lowest BCUT2D eigenvalue weighted by Gasteiger charge is -2.18. The number of Topliss-reactive ketones (excluding diaryl/α,β-unsaturated/α-hetero) is 1. The van der Waals surface area contributed by atoms with E-state index in [4.69, 9.17) is 9.47 Å². The van der Waals surface area contributed by atoms with Gasteiger partial charge >= 0.3 is 0 Å². The molecule has 0 fully saturated rings. The van der Waals surface area contributed by atoms with Crippen LogP contribution in [0.4, 0.5) is 4.39 Å². The monoisotopic (exact) mass is 378 g/mol. The molecule has 0 amide bonds. The summed E-state index contributed by atoms with van der Waals surface area (Å²) in [7, 11) is -1.29. The van der Waals surface area contributed by atoms with Gasteiger partial charge < -0.3 is 14.6 Å². The van der Waals surface area contributed by atoms with Crippen LogP contribution >= 0.6 is 0 Å². The number of sulfone groups is 1. The minimum absolute atomic E-state index is 0.0158. The van der Waals surface area contributed by atoms with Gasteiger partial charge in [0.25, 0.3) is 0 Å². The van der Waals surface area contributed by atoms with Crippen molar-refractivity contribution in [3.63, 3.8) is 0 Å². The molecule has 0 aliphatic carbocycles. The van der Waals surface area contributed by atoms with Crippen molar-refractivity contribution >= 4 is 21.7 Å². The molecule has 3 rings (SSSR count). The summed E-state index contributed by atoms with van der Waals surface area (Å²) in [5, 5.41) is 9.94. The number of ether oxygens (including phenoxy) is 2. The molecule has 136 valence electrons. The first-order valence-corrected chi connectivity index (χ1v) is 9.15. The zero-order chi connectivity index (χ0) is 19.1. The molecule has 1 N–H and O–H groups in total. The van der Waals surface area contributed by atoms with Crippen LogP contribution in [0.3, 0.4) is 0 Å². The van der Waals surface area contributed by atoms with Crippen molar-refractivity contribution in [3.05, 3.63) is 52.8 Å². The Bertz CT molecular complexity index is 1010. The number of carbonyl (C=O) groups is 1. The molecule has 8 heteroatoms. The smallest absolute Gasteiger partial charge is 0.200 e. The van der Waals surface area contributed by atoms with Crippen LogP contribution in [0.2, 0.25) is 0 Å². The molecule has 0 saturated carbocycles. The van der Waals surface area contributed by atoms with E-state index >= 15 is 0 Å². The Morgan fingerprint density at radius 3 is 2.35 bits per heavy atom. The number of hydrogen-bond donors (Lipinski definition) is 1. The van der Waals surface area contributed by atoms with E-state index < -0.39 is 32.1 Å². The number of ketones is 1. The maximum atomic E-state index is 13.9. The first-order chi connectivity index (χ1) is 12.3. The first kappa shape index (κ1) is 17.9.